The molecule has 2 amide bonds. The van der Waals surface area contributed by atoms with Crippen LogP contribution < -0.4 is 0 Å². The molecule has 1 atom stereocenters. The Morgan fingerprint density at radius 2 is 2.28 bits per heavy atom. The lowest BCUT2D eigenvalue weighted by Gasteiger charge is -2.37. The molecule has 0 aliphatic carbocycles. The topological polar surface area (TPSA) is 40.6 Å². The van der Waals surface area contributed by atoms with E-state index in [1.807, 2.05) is 21.2 Å². The van der Waals surface area contributed by atoms with Crippen molar-refractivity contribution in [3.63, 3.8) is 0 Å². The van der Waals surface area contributed by atoms with E-state index in [1.54, 1.807) is 11.3 Å². The van der Waals surface area contributed by atoms with Gasteiger partial charge in [-0.25, -0.2) is 0 Å². The lowest BCUT2D eigenvalue weighted by molar-refractivity contribution is -0.130. The molecule has 0 spiro atoms. The molecule has 0 N–H and O–H groups in total. The summed E-state index contributed by atoms with van der Waals surface area (Å²) in [5.41, 5.74) is 0.780. The Bertz CT molecular complexity index is 502. The van der Waals surface area contributed by atoms with Gasteiger partial charge in [0.1, 0.15) is 0 Å². The normalized spacial score (nSPS) is 23.4. The van der Waals surface area contributed by atoms with E-state index in [0.29, 0.717) is 26.1 Å². The molecule has 2 aliphatic rings. The highest BCUT2D eigenvalue weighted by molar-refractivity contribution is 14.1. The van der Waals surface area contributed by atoms with Gasteiger partial charge < -0.3 is 9.80 Å². The third kappa shape index (κ3) is 2.16. The minimum absolute atomic E-state index is 0.105. The number of amides is 2. The van der Waals surface area contributed by atoms with Gasteiger partial charge in [-0.2, -0.15) is 0 Å². The van der Waals surface area contributed by atoms with Gasteiger partial charge in [-0.1, -0.05) is 0 Å². The third-order valence-electron chi connectivity index (χ3n) is 3.60. The summed E-state index contributed by atoms with van der Waals surface area (Å²) in [5, 5.41) is 1.91. The SMILES string of the molecule is O=C(c1csc(I)c1)N1CCN2C(=O)CCC2C1. The van der Waals surface area contributed by atoms with Crippen LogP contribution in [-0.2, 0) is 4.79 Å². The smallest absolute Gasteiger partial charge is 0.254 e. The third-order valence-corrected chi connectivity index (χ3v) is 5.39. The first-order valence-corrected chi connectivity index (χ1v) is 7.94. The molecule has 2 fully saturated rings. The van der Waals surface area contributed by atoms with Crippen molar-refractivity contribution in [3.05, 3.63) is 19.9 Å². The summed E-state index contributed by atoms with van der Waals surface area (Å²) in [5.74, 6) is 0.352. The molecule has 96 valence electrons. The number of thiophene rings is 1. The summed E-state index contributed by atoms with van der Waals surface area (Å²) in [7, 11) is 0. The molecule has 1 aromatic rings. The van der Waals surface area contributed by atoms with Crippen molar-refractivity contribution in [1.82, 2.24) is 9.80 Å². The largest absolute Gasteiger partial charge is 0.336 e. The molecule has 3 heterocycles. The minimum atomic E-state index is 0.105. The molecule has 0 radical (unpaired) electrons. The number of rotatable bonds is 1. The minimum Gasteiger partial charge on any atom is -0.336 e. The van der Waals surface area contributed by atoms with Gasteiger partial charge in [0.2, 0.25) is 5.91 Å². The molecule has 0 bridgehead atoms. The van der Waals surface area contributed by atoms with E-state index in [-0.39, 0.29) is 17.9 Å². The van der Waals surface area contributed by atoms with E-state index in [4.69, 9.17) is 0 Å². The van der Waals surface area contributed by atoms with Crippen molar-refractivity contribution in [1.29, 1.82) is 0 Å². The fraction of sp³-hybridized carbons (Fsp3) is 0.500. The van der Waals surface area contributed by atoms with Crippen LogP contribution in [0.3, 0.4) is 0 Å². The Morgan fingerprint density at radius 3 is 3.00 bits per heavy atom. The maximum atomic E-state index is 12.3. The second-order valence-corrected chi connectivity index (χ2v) is 7.48. The van der Waals surface area contributed by atoms with E-state index >= 15 is 0 Å². The lowest BCUT2D eigenvalue weighted by Crippen LogP contribution is -2.53. The molecule has 2 saturated heterocycles. The average molecular weight is 376 g/mol. The van der Waals surface area contributed by atoms with Crippen LogP contribution in [0.5, 0.6) is 0 Å². The lowest BCUT2D eigenvalue weighted by atomic mass is 10.1. The summed E-state index contributed by atoms with van der Waals surface area (Å²) < 4.78 is 1.13. The number of fused-ring (bicyclic) bond motifs is 1. The van der Waals surface area contributed by atoms with Crippen LogP contribution in [0.15, 0.2) is 11.4 Å². The van der Waals surface area contributed by atoms with Gasteiger partial charge in [-0.3, -0.25) is 9.59 Å². The molecule has 4 nitrogen and oxygen atoms in total. The van der Waals surface area contributed by atoms with Crippen LogP contribution in [0.2, 0.25) is 0 Å². The van der Waals surface area contributed by atoms with Crippen LogP contribution >= 0.6 is 33.9 Å². The highest BCUT2D eigenvalue weighted by Crippen LogP contribution is 2.25. The highest BCUT2D eigenvalue weighted by Gasteiger charge is 2.37. The molecule has 18 heavy (non-hydrogen) atoms. The Labute approximate surface area is 123 Å². The fourth-order valence-electron chi connectivity index (χ4n) is 2.65. The number of piperazine rings is 1. The Kier molecular flexibility index (Phi) is 3.31. The maximum Gasteiger partial charge on any atom is 0.254 e. The molecule has 0 saturated carbocycles. The Morgan fingerprint density at radius 1 is 1.44 bits per heavy atom. The molecule has 1 unspecified atom stereocenters. The van der Waals surface area contributed by atoms with Crippen LogP contribution in [0.1, 0.15) is 23.2 Å². The molecule has 0 aromatic carbocycles. The standard InChI is InChI=1S/C12H13IN2O2S/c13-10-5-8(7-18-10)12(17)14-3-4-15-9(6-14)1-2-11(15)16/h5,7,9H,1-4,6H2. The molecule has 2 aliphatic heterocycles. The van der Waals surface area contributed by atoms with Crippen LogP contribution in [0, 0.1) is 2.88 Å². The zero-order valence-corrected chi connectivity index (χ0v) is 12.7. The van der Waals surface area contributed by atoms with Crippen molar-refractivity contribution < 1.29 is 9.59 Å². The molecule has 3 rings (SSSR count). The maximum absolute atomic E-state index is 12.3. The highest BCUT2D eigenvalue weighted by atomic mass is 127. The number of carbonyl (C=O) groups excluding carboxylic acids is 2. The monoisotopic (exact) mass is 376 g/mol. The Balaban J connectivity index is 1.71. The quantitative estimate of drug-likeness (QED) is 0.702. The summed E-state index contributed by atoms with van der Waals surface area (Å²) in [4.78, 5) is 27.7. The predicted octanol–water partition coefficient (Wildman–Crippen LogP) is 1.80. The number of hydrogen-bond acceptors (Lipinski definition) is 3. The van der Waals surface area contributed by atoms with Crippen molar-refractivity contribution in [3.8, 4) is 0 Å². The van der Waals surface area contributed by atoms with Gasteiger partial charge in [0, 0.05) is 37.5 Å². The van der Waals surface area contributed by atoms with Gasteiger partial charge >= 0.3 is 0 Å². The molecule has 6 heteroatoms. The summed E-state index contributed by atoms with van der Waals surface area (Å²) in [6.07, 6.45) is 1.53. The van der Waals surface area contributed by atoms with E-state index < -0.39 is 0 Å². The summed E-state index contributed by atoms with van der Waals surface area (Å²) in [6.45, 7) is 2.04. The number of nitrogens with zero attached hydrogens (tertiary/aromatic N) is 2. The van der Waals surface area contributed by atoms with E-state index in [2.05, 4.69) is 22.6 Å². The molecule has 1 aromatic heterocycles. The second-order valence-electron chi connectivity index (χ2n) is 4.67. The molecular weight excluding hydrogens is 363 g/mol. The van der Waals surface area contributed by atoms with Gasteiger partial charge in [0.25, 0.3) is 5.91 Å². The zero-order valence-electron chi connectivity index (χ0n) is 9.76. The zero-order chi connectivity index (χ0) is 12.7. The van der Waals surface area contributed by atoms with Gasteiger partial charge in [-0.05, 0) is 35.1 Å². The first kappa shape index (κ1) is 12.4. The van der Waals surface area contributed by atoms with Crippen LogP contribution in [-0.4, -0.2) is 47.3 Å². The van der Waals surface area contributed by atoms with E-state index in [9.17, 15) is 9.59 Å². The number of carbonyl (C=O) groups is 2. The van der Waals surface area contributed by atoms with E-state index in [1.165, 1.54) is 0 Å². The fourth-order valence-corrected chi connectivity index (χ4v) is 3.97. The van der Waals surface area contributed by atoms with Crippen molar-refractivity contribution >= 4 is 45.7 Å². The van der Waals surface area contributed by atoms with Gasteiger partial charge in [-0.15, -0.1) is 11.3 Å². The second kappa shape index (κ2) is 4.80. The predicted molar refractivity (Wildman–Crippen MR) is 77.7 cm³/mol. The van der Waals surface area contributed by atoms with Crippen molar-refractivity contribution in [2.45, 2.75) is 18.9 Å². The van der Waals surface area contributed by atoms with E-state index in [0.717, 1.165) is 14.9 Å². The summed E-state index contributed by atoms with van der Waals surface area (Å²) in [6, 6.07) is 2.17. The average Bonchev–Trinajstić information content (AvgIpc) is 2.95. The van der Waals surface area contributed by atoms with Crippen LogP contribution in [0.4, 0.5) is 0 Å². The number of hydrogen-bond donors (Lipinski definition) is 0. The van der Waals surface area contributed by atoms with Gasteiger partial charge in [0.05, 0.1) is 8.45 Å². The van der Waals surface area contributed by atoms with Crippen molar-refractivity contribution in [2.75, 3.05) is 19.6 Å². The first-order valence-electron chi connectivity index (χ1n) is 5.98. The summed E-state index contributed by atoms with van der Waals surface area (Å²) >= 11 is 3.82. The molecular formula is C12H13IN2O2S. The van der Waals surface area contributed by atoms with Crippen molar-refractivity contribution in [2.24, 2.45) is 0 Å². The Hall–Kier alpha value is -0.630. The van der Waals surface area contributed by atoms with Gasteiger partial charge in [0.15, 0.2) is 0 Å². The first-order chi connectivity index (χ1) is 8.65. The van der Waals surface area contributed by atoms with Crippen LogP contribution in [0.25, 0.3) is 0 Å². The number of halogens is 1.